The van der Waals surface area contributed by atoms with Crippen LogP contribution in [0.1, 0.15) is 41.1 Å². The maximum atomic E-state index is 14.1. The third kappa shape index (κ3) is 5.33. The number of benzene rings is 4. The van der Waals surface area contributed by atoms with Gasteiger partial charge in [-0.1, -0.05) is 61.0 Å². The lowest BCUT2D eigenvalue weighted by atomic mass is 10.1. The summed E-state index contributed by atoms with van der Waals surface area (Å²) < 4.78 is 20.8. The van der Waals surface area contributed by atoms with E-state index in [4.69, 9.17) is 21.3 Å². The highest BCUT2D eigenvalue weighted by Gasteiger charge is 2.30. The molecule has 0 saturated carbocycles. The van der Waals surface area contributed by atoms with Crippen molar-refractivity contribution in [1.29, 1.82) is 0 Å². The summed E-state index contributed by atoms with van der Waals surface area (Å²) in [7, 11) is 1.57. The van der Waals surface area contributed by atoms with Crippen LogP contribution in [0.4, 0.5) is 4.39 Å². The van der Waals surface area contributed by atoms with Gasteiger partial charge in [-0.25, -0.2) is 9.37 Å². The molecule has 0 spiro atoms. The van der Waals surface area contributed by atoms with Crippen LogP contribution in [-0.4, -0.2) is 27.5 Å². The first-order valence-electron chi connectivity index (χ1n) is 12.9. The van der Waals surface area contributed by atoms with Crippen LogP contribution in [0.25, 0.3) is 16.6 Å². The topological polar surface area (TPSA) is 64.4 Å². The maximum absolute atomic E-state index is 14.1. The summed E-state index contributed by atoms with van der Waals surface area (Å²) in [5.74, 6) is 0.161. The van der Waals surface area contributed by atoms with E-state index in [1.165, 1.54) is 22.8 Å². The molecule has 202 valence electrons. The van der Waals surface area contributed by atoms with Crippen LogP contribution in [0.15, 0.2) is 102 Å². The first-order chi connectivity index (χ1) is 19.4. The molecule has 0 N–H and O–H groups in total. The molecule has 6 nitrogen and oxygen atoms in total. The van der Waals surface area contributed by atoms with Gasteiger partial charge in [0.1, 0.15) is 17.4 Å². The maximum Gasteiger partial charge on any atom is 0.266 e. The van der Waals surface area contributed by atoms with Gasteiger partial charge in [0, 0.05) is 12.1 Å². The second-order valence-corrected chi connectivity index (χ2v) is 9.70. The van der Waals surface area contributed by atoms with E-state index in [2.05, 4.69) is 0 Å². The number of nitrogens with zero attached hydrogens (tertiary/aromatic N) is 3. The zero-order chi connectivity index (χ0) is 28.2. The lowest BCUT2D eigenvalue weighted by Gasteiger charge is -2.32. The molecule has 0 bridgehead atoms. The smallest absolute Gasteiger partial charge is 0.266 e. The molecule has 1 atom stereocenters. The Balaban J connectivity index is 1.73. The Labute approximate surface area is 236 Å². The van der Waals surface area contributed by atoms with Gasteiger partial charge in [0.05, 0.1) is 34.8 Å². The molecule has 0 saturated heterocycles. The number of hydrogen-bond acceptors (Lipinski definition) is 4. The van der Waals surface area contributed by atoms with E-state index in [1.807, 2.05) is 43.3 Å². The summed E-state index contributed by atoms with van der Waals surface area (Å²) >= 11 is 6.14. The zero-order valence-electron chi connectivity index (χ0n) is 22.1. The predicted molar refractivity (Wildman–Crippen MR) is 155 cm³/mol. The molecule has 0 radical (unpaired) electrons. The molecule has 4 aromatic carbocycles. The van der Waals surface area contributed by atoms with Crippen molar-refractivity contribution in [2.45, 2.75) is 25.9 Å². The molecule has 40 heavy (non-hydrogen) atoms. The minimum absolute atomic E-state index is 0.119. The van der Waals surface area contributed by atoms with Gasteiger partial charge in [0.25, 0.3) is 11.5 Å². The fraction of sp³-hybridized carbons (Fsp3) is 0.156. The molecular weight excluding hydrogens is 529 g/mol. The first kappa shape index (κ1) is 27.1. The highest BCUT2D eigenvalue weighted by molar-refractivity contribution is 6.30. The van der Waals surface area contributed by atoms with E-state index in [0.717, 1.165) is 5.56 Å². The highest BCUT2D eigenvalue weighted by Crippen LogP contribution is 2.30. The molecule has 0 aliphatic carbocycles. The van der Waals surface area contributed by atoms with Crippen LogP contribution < -0.4 is 10.3 Å². The van der Waals surface area contributed by atoms with E-state index in [1.54, 1.807) is 54.5 Å². The van der Waals surface area contributed by atoms with Crippen molar-refractivity contribution in [2.75, 3.05) is 7.11 Å². The molecule has 1 aromatic heterocycles. The third-order valence-electron chi connectivity index (χ3n) is 6.82. The number of methoxy groups -OCH3 is 1. The first-order valence-corrected chi connectivity index (χ1v) is 13.2. The lowest BCUT2D eigenvalue weighted by Crippen LogP contribution is -2.38. The minimum atomic E-state index is -0.615. The Hall–Kier alpha value is -4.49. The van der Waals surface area contributed by atoms with Crippen LogP contribution in [0, 0.1) is 5.82 Å². The van der Waals surface area contributed by atoms with E-state index in [-0.39, 0.29) is 23.0 Å². The largest absolute Gasteiger partial charge is 0.497 e. The highest BCUT2D eigenvalue weighted by atomic mass is 35.5. The van der Waals surface area contributed by atoms with Crippen molar-refractivity contribution >= 4 is 28.4 Å². The van der Waals surface area contributed by atoms with Gasteiger partial charge < -0.3 is 9.64 Å². The number of carbonyl (C=O) groups is 1. The molecule has 5 rings (SSSR count). The Kier molecular flexibility index (Phi) is 7.94. The molecule has 1 heterocycles. The van der Waals surface area contributed by atoms with Crippen LogP contribution in [-0.2, 0) is 6.54 Å². The van der Waals surface area contributed by atoms with Gasteiger partial charge in [-0.15, -0.1) is 0 Å². The van der Waals surface area contributed by atoms with Crippen LogP contribution in [0.2, 0.25) is 5.02 Å². The second kappa shape index (κ2) is 11.7. The number of ether oxygens (including phenoxy) is 1. The quantitative estimate of drug-likeness (QED) is 0.207. The fourth-order valence-electron chi connectivity index (χ4n) is 4.79. The van der Waals surface area contributed by atoms with Crippen LogP contribution >= 0.6 is 11.6 Å². The number of aromatic nitrogens is 2. The van der Waals surface area contributed by atoms with Crippen LogP contribution in [0.3, 0.4) is 0 Å². The Morgan fingerprint density at radius 3 is 2.38 bits per heavy atom. The normalized spacial score (nSPS) is 11.8. The summed E-state index contributed by atoms with van der Waals surface area (Å²) in [6.07, 6.45) is 0.453. The van der Waals surface area contributed by atoms with E-state index in [9.17, 15) is 14.0 Å². The van der Waals surface area contributed by atoms with Gasteiger partial charge in [0.2, 0.25) is 0 Å². The molecule has 0 aliphatic heterocycles. The Morgan fingerprint density at radius 2 is 1.70 bits per heavy atom. The van der Waals surface area contributed by atoms with Crippen LogP contribution in [0.5, 0.6) is 5.75 Å². The zero-order valence-corrected chi connectivity index (χ0v) is 22.8. The average Bonchev–Trinajstić information content (AvgIpc) is 2.99. The average molecular weight is 556 g/mol. The SMILES string of the molecule is CCC(c1nc2ccccc2c(=O)n1-c1ccc(F)c(Cl)c1)N(Cc1ccccc1)C(=O)c1ccc(OC)cc1. The van der Waals surface area contributed by atoms with Gasteiger partial charge in [-0.05, 0) is 66.6 Å². The fourth-order valence-corrected chi connectivity index (χ4v) is 4.97. The van der Waals surface area contributed by atoms with Crippen molar-refractivity contribution in [3.63, 3.8) is 0 Å². The standard InChI is InChI=1S/C32H27ClFN3O3/c1-3-29(36(20-21-9-5-4-6-10-21)31(38)22-13-16-24(40-2)17-14-22)30-35-28-12-8-7-11-25(28)32(39)37(30)23-15-18-27(34)26(33)19-23/h4-19,29H,3,20H2,1-2H3. The molecule has 1 amide bonds. The summed E-state index contributed by atoms with van der Waals surface area (Å²) in [5.41, 5.74) is 1.91. The Morgan fingerprint density at radius 1 is 1.00 bits per heavy atom. The van der Waals surface area contributed by atoms with Crippen molar-refractivity contribution in [3.8, 4) is 11.4 Å². The van der Waals surface area contributed by atoms with Gasteiger partial charge in [-0.3, -0.25) is 14.2 Å². The predicted octanol–water partition coefficient (Wildman–Crippen LogP) is 6.98. The summed E-state index contributed by atoms with van der Waals surface area (Å²) in [6.45, 7) is 2.21. The molecule has 0 fully saturated rings. The number of rotatable bonds is 8. The Bertz CT molecular complexity index is 1720. The lowest BCUT2D eigenvalue weighted by molar-refractivity contribution is 0.0640. The van der Waals surface area contributed by atoms with Crippen molar-refractivity contribution in [3.05, 3.63) is 135 Å². The summed E-state index contributed by atoms with van der Waals surface area (Å²) in [6, 6.07) is 27.1. The van der Waals surface area contributed by atoms with Crippen molar-refractivity contribution in [2.24, 2.45) is 0 Å². The summed E-state index contributed by atoms with van der Waals surface area (Å²) in [4.78, 5) is 34.7. The third-order valence-corrected chi connectivity index (χ3v) is 7.11. The van der Waals surface area contributed by atoms with Crippen molar-refractivity contribution in [1.82, 2.24) is 14.5 Å². The number of para-hydroxylation sites is 1. The van der Waals surface area contributed by atoms with E-state index < -0.39 is 11.9 Å². The number of fused-ring (bicyclic) bond motifs is 1. The van der Waals surface area contributed by atoms with Gasteiger partial charge >= 0.3 is 0 Å². The van der Waals surface area contributed by atoms with E-state index >= 15 is 0 Å². The number of amides is 1. The van der Waals surface area contributed by atoms with E-state index in [0.29, 0.717) is 40.1 Å². The van der Waals surface area contributed by atoms with Gasteiger partial charge in [0.15, 0.2) is 0 Å². The van der Waals surface area contributed by atoms with Gasteiger partial charge in [-0.2, -0.15) is 0 Å². The number of carbonyl (C=O) groups excluding carboxylic acids is 1. The second-order valence-electron chi connectivity index (χ2n) is 9.30. The number of halogens is 2. The van der Waals surface area contributed by atoms with Crippen molar-refractivity contribution < 1.29 is 13.9 Å². The minimum Gasteiger partial charge on any atom is -0.497 e. The monoisotopic (exact) mass is 555 g/mol. The molecule has 1 unspecified atom stereocenters. The molecular formula is C32H27ClFN3O3. The number of hydrogen-bond donors (Lipinski definition) is 0. The molecule has 8 heteroatoms. The molecule has 0 aliphatic rings. The summed E-state index contributed by atoms with van der Waals surface area (Å²) in [5, 5.41) is 0.282. The molecule has 5 aromatic rings.